The van der Waals surface area contributed by atoms with Crippen LogP contribution in [0.5, 0.6) is 5.75 Å². The summed E-state index contributed by atoms with van der Waals surface area (Å²) >= 11 is 0. The molecular formula is C20H23NO4. The summed E-state index contributed by atoms with van der Waals surface area (Å²) in [5.74, 6) is -0.500. The van der Waals surface area contributed by atoms with Gasteiger partial charge in [0, 0.05) is 12.8 Å². The first-order valence-corrected chi connectivity index (χ1v) is 8.36. The van der Waals surface area contributed by atoms with Crippen LogP contribution in [0.2, 0.25) is 0 Å². The Morgan fingerprint density at radius 2 is 1.72 bits per heavy atom. The number of ether oxygens (including phenoxy) is 1. The molecule has 1 amide bonds. The van der Waals surface area contributed by atoms with Gasteiger partial charge >= 0.3 is 5.97 Å². The van der Waals surface area contributed by atoms with E-state index in [0.29, 0.717) is 13.0 Å². The molecule has 1 atom stereocenters. The van der Waals surface area contributed by atoms with Gasteiger partial charge < -0.3 is 15.2 Å². The first-order valence-electron chi connectivity index (χ1n) is 8.36. The van der Waals surface area contributed by atoms with E-state index in [1.807, 2.05) is 61.5 Å². The number of aliphatic carboxylic acids is 1. The third-order valence-electron chi connectivity index (χ3n) is 3.79. The monoisotopic (exact) mass is 341 g/mol. The number of carboxylic acid groups (broad SMARTS) is 1. The Morgan fingerprint density at radius 3 is 2.32 bits per heavy atom. The molecule has 5 nitrogen and oxygen atoms in total. The molecule has 2 aromatic carbocycles. The largest absolute Gasteiger partial charge is 0.494 e. The van der Waals surface area contributed by atoms with E-state index in [-0.39, 0.29) is 18.7 Å². The lowest BCUT2D eigenvalue weighted by atomic mass is 10.1. The fourth-order valence-corrected chi connectivity index (χ4v) is 2.49. The molecule has 0 saturated heterocycles. The van der Waals surface area contributed by atoms with Crippen molar-refractivity contribution in [2.24, 2.45) is 0 Å². The number of nitrogens with one attached hydrogen (secondary N) is 1. The molecule has 0 aliphatic carbocycles. The van der Waals surface area contributed by atoms with Crippen LogP contribution in [0.25, 0.3) is 0 Å². The van der Waals surface area contributed by atoms with Crippen LogP contribution in [0.1, 0.15) is 24.5 Å². The molecule has 5 heteroatoms. The smallest absolute Gasteiger partial charge is 0.326 e. The van der Waals surface area contributed by atoms with Crippen molar-refractivity contribution in [3.05, 3.63) is 65.7 Å². The van der Waals surface area contributed by atoms with E-state index in [1.165, 1.54) is 0 Å². The van der Waals surface area contributed by atoms with Gasteiger partial charge in [-0.2, -0.15) is 0 Å². The van der Waals surface area contributed by atoms with Crippen molar-refractivity contribution in [3.63, 3.8) is 0 Å². The molecule has 0 fully saturated rings. The first-order chi connectivity index (χ1) is 12.1. The Bertz CT molecular complexity index is 683. The summed E-state index contributed by atoms with van der Waals surface area (Å²) in [6.07, 6.45) is 1.06. The number of rotatable bonds is 9. The number of carboxylic acids is 1. The van der Waals surface area contributed by atoms with Crippen LogP contribution in [0, 0.1) is 0 Å². The van der Waals surface area contributed by atoms with E-state index < -0.39 is 12.0 Å². The highest BCUT2D eigenvalue weighted by Gasteiger charge is 2.20. The number of aryl methyl sites for hydroxylation is 1. The van der Waals surface area contributed by atoms with E-state index >= 15 is 0 Å². The van der Waals surface area contributed by atoms with Gasteiger partial charge in [-0.15, -0.1) is 0 Å². The molecule has 0 bridgehead atoms. The molecule has 0 saturated carbocycles. The van der Waals surface area contributed by atoms with Gasteiger partial charge in [0.15, 0.2) is 0 Å². The van der Waals surface area contributed by atoms with Crippen LogP contribution in [0.4, 0.5) is 0 Å². The normalized spacial score (nSPS) is 11.6. The Morgan fingerprint density at radius 1 is 1.04 bits per heavy atom. The predicted octanol–water partition coefficient (Wildman–Crippen LogP) is 2.83. The van der Waals surface area contributed by atoms with Gasteiger partial charge in [0.05, 0.1) is 6.61 Å². The summed E-state index contributed by atoms with van der Waals surface area (Å²) < 4.78 is 5.38. The molecule has 0 heterocycles. The van der Waals surface area contributed by atoms with E-state index in [9.17, 15) is 14.7 Å². The molecule has 2 N–H and O–H groups in total. The summed E-state index contributed by atoms with van der Waals surface area (Å²) in [5.41, 5.74) is 1.88. The Kier molecular flexibility index (Phi) is 7.01. The second-order valence-corrected chi connectivity index (χ2v) is 5.73. The summed E-state index contributed by atoms with van der Waals surface area (Å²) in [7, 11) is 0. The Hall–Kier alpha value is -2.82. The number of carbonyl (C=O) groups excluding carboxylic acids is 1. The van der Waals surface area contributed by atoms with Crippen molar-refractivity contribution in [1.29, 1.82) is 0 Å². The average Bonchev–Trinajstić information content (AvgIpc) is 2.61. The highest BCUT2D eigenvalue weighted by Crippen LogP contribution is 2.13. The van der Waals surface area contributed by atoms with Gasteiger partial charge in [0.25, 0.3) is 0 Å². The van der Waals surface area contributed by atoms with Crippen molar-refractivity contribution >= 4 is 11.9 Å². The van der Waals surface area contributed by atoms with Gasteiger partial charge in [-0.3, -0.25) is 4.79 Å². The Balaban J connectivity index is 1.85. The minimum Gasteiger partial charge on any atom is -0.494 e. The maximum absolute atomic E-state index is 12.1. The van der Waals surface area contributed by atoms with Crippen LogP contribution in [-0.2, 0) is 22.4 Å². The summed E-state index contributed by atoms with van der Waals surface area (Å²) in [5, 5.41) is 11.9. The zero-order valence-electron chi connectivity index (χ0n) is 14.3. The van der Waals surface area contributed by atoms with Crippen LogP contribution in [-0.4, -0.2) is 29.6 Å². The van der Waals surface area contributed by atoms with Crippen LogP contribution in [0.3, 0.4) is 0 Å². The molecule has 0 spiro atoms. The number of carbonyl (C=O) groups is 2. The molecule has 25 heavy (non-hydrogen) atoms. The van der Waals surface area contributed by atoms with E-state index in [4.69, 9.17) is 4.74 Å². The quantitative estimate of drug-likeness (QED) is 0.735. The summed E-state index contributed by atoms with van der Waals surface area (Å²) in [4.78, 5) is 23.5. The lowest BCUT2D eigenvalue weighted by Gasteiger charge is -2.14. The van der Waals surface area contributed by atoms with Crippen LogP contribution >= 0.6 is 0 Å². The molecular weight excluding hydrogens is 318 g/mol. The zero-order valence-corrected chi connectivity index (χ0v) is 14.3. The van der Waals surface area contributed by atoms with E-state index in [0.717, 1.165) is 16.9 Å². The summed E-state index contributed by atoms with van der Waals surface area (Å²) in [6.45, 7) is 2.53. The molecule has 0 unspecified atom stereocenters. The highest BCUT2D eigenvalue weighted by atomic mass is 16.5. The van der Waals surface area contributed by atoms with Crippen molar-refractivity contribution in [2.75, 3.05) is 6.61 Å². The van der Waals surface area contributed by atoms with Gasteiger partial charge in [0.2, 0.25) is 5.91 Å². The lowest BCUT2D eigenvalue weighted by molar-refractivity contribution is -0.141. The third-order valence-corrected chi connectivity index (χ3v) is 3.79. The number of hydrogen-bond donors (Lipinski definition) is 2. The van der Waals surface area contributed by atoms with Crippen molar-refractivity contribution in [3.8, 4) is 5.75 Å². The molecule has 0 radical (unpaired) electrons. The lowest BCUT2D eigenvalue weighted by Crippen LogP contribution is -2.42. The highest BCUT2D eigenvalue weighted by molar-refractivity contribution is 5.83. The van der Waals surface area contributed by atoms with Crippen LogP contribution in [0.15, 0.2) is 54.6 Å². The minimum atomic E-state index is -1.03. The zero-order chi connectivity index (χ0) is 18.1. The molecule has 0 aliphatic heterocycles. The molecule has 0 aromatic heterocycles. The number of benzene rings is 2. The molecule has 0 aliphatic rings. The SMILES string of the molecule is CCOc1ccc(CCC(=O)N[C@H](Cc2ccccc2)C(=O)O)cc1. The Labute approximate surface area is 147 Å². The van der Waals surface area contributed by atoms with Gasteiger partial charge in [-0.05, 0) is 36.6 Å². The van der Waals surface area contributed by atoms with Gasteiger partial charge in [-0.25, -0.2) is 4.79 Å². The topological polar surface area (TPSA) is 75.6 Å². The second-order valence-electron chi connectivity index (χ2n) is 5.73. The average molecular weight is 341 g/mol. The third kappa shape index (κ3) is 6.30. The van der Waals surface area contributed by atoms with Crippen molar-refractivity contribution in [2.45, 2.75) is 32.2 Å². The summed E-state index contributed by atoms with van der Waals surface area (Å²) in [6, 6.07) is 15.9. The first kappa shape index (κ1) is 18.5. The van der Waals surface area contributed by atoms with Crippen molar-refractivity contribution in [1.82, 2.24) is 5.32 Å². The predicted molar refractivity (Wildman–Crippen MR) is 95.6 cm³/mol. The van der Waals surface area contributed by atoms with E-state index in [2.05, 4.69) is 5.32 Å². The second kappa shape index (κ2) is 9.47. The molecule has 2 aromatic rings. The molecule has 2 rings (SSSR count). The number of hydrogen-bond acceptors (Lipinski definition) is 3. The van der Waals surface area contributed by atoms with Crippen molar-refractivity contribution < 1.29 is 19.4 Å². The van der Waals surface area contributed by atoms with E-state index in [1.54, 1.807) is 0 Å². The van der Waals surface area contributed by atoms with Gasteiger partial charge in [0.1, 0.15) is 11.8 Å². The fourth-order valence-electron chi connectivity index (χ4n) is 2.49. The van der Waals surface area contributed by atoms with Gasteiger partial charge in [-0.1, -0.05) is 42.5 Å². The standard InChI is InChI=1S/C20H23NO4/c1-2-25-17-11-8-15(9-12-17)10-13-19(22)21-18(20(23)24)14-16-6-4-3-5-7-16/h3-9,11-12,18H,2,10,13-14H2,1H3,(H,21,22)(H,23,24)/t18-/m1/s1. The fraction of sp³-hybridized carbons (Fsp3) is 0.300. The van der Waals surface area contributed by atoms with Crippen LogP contribution < -0.4 is 10.1 Å². The number of amides is 1. The molecule has 132 valence electrons. The minimum absolute atomic E-state index is 0.243. The maximum Gasteiger partial charge on any atom is 0.326 e. The maximum atomic E-state index is 12.1.